The molecular formula is C13H11N2O+. The van der Waals surface area contributed by atoms with Gasteiger partial charge in [0.15, 0.2) is 4.98 Å². The molecule has 0 N–H and O–H groups in total. The molecule has 78 valence electrons. The van der Waals surface area contributed by atoms with Crippen LogP contribution in [0.25, 0.3) is 4.98 Å². The van der Waals surface area contributed by atoms with E-state index < -0.39 is 0 Å². The molecule has 0 unspecified atom stereocenters. The number of hydrogen-bond acceptors (Lipinski definition) is 2. The lowest BCUT2D eigenvalue weighted by Crippen LogP contribution is -1.83. The van der Waals surface area contributed by atoms with Crippen molar-refractivity contribution in [3.8, 4) is 11.5 Å². The quantitative estimate of drug-likeness (QED) is 0.695. The van der Waals surface area contributed by atoms with Gasteiger partial charge in [-0.05, 0) is 31.2 Å². The second-order valence-corrected chi connectivity index (χ2v) is 3.51. The average Bonchev–Trinajstić information content (AvgIpc) is 2.33. The second kappa shape index (κ2) is 4.45. The van der Waals surface area contributed by atoms with E-state index in [-0.39, 0.29) is 0 Å². The maximum absolute atomic E-state index is 8.53. The van der Waals surface area contributed by atoms with Crippen LogP contribution >= 0.6 is 0 Å². The monoisotopic (exact) mass is 211 g/mol. The van der Waals surface area contributed by atoms with Crippen molar-refractivity contribution in [1.82, 2.24) is 0 Å². The van der Waals surface area contributed by atoms with Crippen LogP contribution in [0.5, 0.6) is 11.5 Å². The van der Waals surface area contributed by atoms with Crippen molar-refractivity contribution in [2.45, 2.75) is 6.92 Å². The zero-order valence-electron chi connectivity index (χ0n) is 8.92. The molecule has 0 heterocycles. The highest BCUT2D eigenvalue weighted by Gasteiger charge is 2.03. The predicted molar refractivity (Wildman–Crippen MR) is 62.4 cm³/mol. The Labute approximate surface area is 93.9 Å². The molecule has 0 bridgehead atoms. The Bertz CT molecular complexity index is 509. The van der Waals surface area contributed by atoms with Crippen LogP contribution in [0.4, 0.5) is 5.69 Å². The first-order valence-corrected chi connectivity index (χ1v) is 4.97. The number of hydrogen-bond donors (Lipinski definition) is 0. The van der Waals surface area contributed by atoms with Gasteiger partial charge < -0.3 is 4.74 Å². The summed E-state index contributed by atoms with van der Waals surface area (Å²) in [7, 11) is 0. The number of ether oxygens (including phenoxy) is 1. The lowest BCUT2D eigenvalue weighted by atomic mass is 10.2. The smallest absolute Gasteiger partial charge is 0.385 e. The van der Waals surface area contributed by atoms with Gasteiger partial charge in [-0.15, -0.1) is 0 Å². The lowest BCUT2D eigenvalue weighted by Gasteiger charge is -2.04. The molecule has 0 spiro atoms. The molecule has 0 saturated heterocycles. The highest BCUT2D eigenvalue weighted by molar-refractivity contribution is 5.47. The second-order valence-electron chi connectivity index (χ2n) is 3.51. The highest BCUT2D eigenvalue weighted by atomic mass is 16.5. The first kappa shape index (κ1) is 10.2. The Morgan fingerprint density at radius 1 is 0.875 bits per heavy atom. The first-order chi connectivity index (χ1) is 7.78. The van der Waals surface area contributed by atoms with E-state index >= 15 is 0 Å². The van der Waals surface area contributed by atoms with Gasteiger partial charge in [-0.2, -0.15) is 0 Å². The van der Waals surface area contributed by atoms with Crippen molar-refractivity contribution in [3.05, 3.63) is 59.1 Å². The van der Waals surface area contributed by atoms with Crippen molar-refractivity contribution in [1.29, 1.82) is 5.39 Å². The van der Waals surface area contributed by atoms with Gasteiger partial charge in [-0.25, -0.2) is 0 Å². The Hall–Kier alpha value is -2.34. The Morgan fingerprint density at radius 2 is 1.38 bits per heavy atom. The van der Waals surface area contributed by atoms with Crippen LogP contribution in [0.3, 0.4) is 0 Å². The zero-order valence-corrected chi connectivity index (χ0v) is 8.92. The fourth-order valence-electron chi connectivity index (χ4n) is 1.32. The summed E-state index contributed by atoms with van der Waals surface area (Å²) in [5, 5.41) is 8.53. The molecule has 0 atom stereocenters. The third-order valence-electron chi connectivity index (χ3n) is 2.21. The van der Waals surface area contributed by atoms with Gasteiger partial charge in [0, 0.05) is 12.1 Å². The van der Waals surface area contributed by atoms with Gasteiger partial charge in [0.2, 0.25) is 5.39 Å². The first-order valence-electron chi connectivity index (χ1n) is 4.97. The Morgan fingerprint density at radius 3 is 1.88 bits per heavy atom. The largest absolute Gasteiger partial charge is 0.457 e. The Kier molecular flexibility index (Phi) is 2.84. The standard InChI is InChI=1S/C13H11N2O/c1-10-2-6-12(7-3-10)16-13-8-4-11(15-14)5-9-13/h2-9H,1H3/q+1. The van der Waals surface area contributed by atoms with Gasteiger partial charge in [0.1, 0.15) is 11.5 Å². The number of nitrogens with zero attached hydrogens (tertiary/aromatic N) is 2. The molecule has 0 aliphatic carbocycles. The van der Waals surface area contributed by atoms with Crippen LogP contribution in [0.2, 0.25) is 0 Å². The number of benzene rings is 2. The van der Waals surface area contributed by atoms with E-state index in [0.29, 0.717) is 5.69 Å². The van der Waals surface area contributed by atoms with Crippen LogP contribution in [0, 0.1) is 12.3 Å². The summed E-state index contributed by atoms with van der Waals surface area (Å²) in [6, 6.07) is 14.7. The van der Waals surface area contributed by atoms with Gasteiger partial charge >= 0.3 is 5.69 Å². The predicted octanol–water partition coefficient (Wildman–Crippen LogP) is 4.27. The van der Waals surface area contributed by atoms with E-state index in [1.54, 1.807) is 24.3 Å². The minimum Gasteiger partial charge on any atom is -0.457 e. The average molecular weight is 211 g/mol. The molecule has 0 saturated carbocycles. The van der Waals surface area contributed by atoms with Crippen molar-refractivity contribution < 1.29 is 4.74 Å². The third-order valence-corrected chi connectivity index (χ3v) is 2.21. The summed E-state index contributed by atoms with van der Waals surface area (Å²) in [6.45, 7) is 2.03. The maximum atomic E-state index is 8.53. The third kappa shape index (κ3) is 2.37. The van der Waals surface area contributed by atoms with Gasteiger partial charge in [0.25, 0.3) is 0 Å². The number of rotatable bonds is 2. The molecule has 2 aromatic carbocycles. The molecule has 0 amide bonds. The van der Waals surface area contributed by atoms with Crippen molar-refractivity contribution in [2.75, 3.05) is 0 Å². The van der Waals surface area contributed by atoms with Crippen LogP contribution in [0.15, 0.2) is 48.5 Å². The van der Waals surface area contributed by atoms with E-state index in [1.807, 2.05) is 31.2 Å². The Balaban J connectivity index is 2.15. The van der Waals surface area contributed by atoms with Gasteiger partial charge in [-0.1, -0.05) is 17.7 Å². The molecule has 0 radical (unpaired) electrons. The minimum absolute atomic E-state index is 0.510. The fourth-order valence-corrected chi connectivity index (χ4v) is 1.32. The normalized spacial score (nSPS) is 9.50. The summed E-state index contributed by atoms with van der Waals surface area (Å²) in [5.74, 6) is 1.51. The van der Waals surface area contributed by atoms with Crippen molar-refractivity contribution >= 4 is 5.69 Å². The minimum atomic E-state index is 0.510. The summed E-state index contributed by atoms with van der Waals surface area (Å²) in [5.41, 5.74) is 1.71. The molecule has 2 rings (SSSR count). The molecule has 0 aliphatic rings. The molecular weight excluding hydrogens is 200 g/mol. The number of diazo groups is 1. The van der Waals surface area contributed by atoms with Crippen LogP contribution in [-0.2, 0) is 0 Å². The fraction of sp³-hybridized carbons (Fsp3) is 0.0769. The SMILES string of the molecule is Cc1ccc(Oc2ccc([N+]#N)cc2)cc1. The highest BCUT2D eigenvalue weighted by Crippen LogP contribution is 2.23. The zero-order chi connectivity index (χ0) is 11.4. The summed E-state index contributed by atoms with van der Waals surface area (Å²) >= 11 is 0. The van der Waals surface area contributed by atoms with E-state index in [4.69, 9.17) is 10.1 Å². The number of aryl methyl sites for hydroxylation is 1. The van der Waals surface area contributed by atoms with Gasteiger partial charge in [-0.3, -0.25) is 0 Å². The topological polar surface area (TPSA) is 37.4 Å². The lowest BCUT2D eigenvalue weighted by molar-refractivity contribution is 0.482. The molecule has 3 heteroatoms. The summed E-state index contributed by atoms with van der Waals surface area (Å²) in [4.78, 5) is 3.07. The molecule has 3 nitrogen and oxygen atoms in total. The maximum Gasteiger partial charge on any atom is 0.385 e. The summed E-state index contributed by atoms with van der Waals surface area (Å²) in [6.07, 6.45) is 0. The van der Waals surface area contributed by atoms with Crippen LogP contribution in [0.1, 0.15) is 5.56 Å². The summed E-state index contributed by atoms with van der Waals surface area (Å²) < 4.78 is 5.61. The van der Waals surface area contributed by atoms with E-state index in [0.717, 1.165) is 11.5 Å². The molecule has 0 aliphatic heterocycles. The van der Waals surface area contributed by atoms with E-state index in [1.165, 1.54) is 5.56 Å². The molecule has 0 aromatic heterocycles. The van der Waals surface area contributed by atoms with Crippen LogP contribution in [-0.4, -0.2) is 0 Å². The van der Waals surface area contributed by atoms with Crippen molar-refractivity contribution in [3.63, 3.8) is 0 Å². The van der Waals surface area contributed by atoms with Gasteiger partial charge in [0.05, 0.1) is 0 Å². The van der Waals surface area contributed by atoms with E-state index in [9.17, 15) is 0 Å². The molecule has 2 aromatic rings. The molecule has 0 fully saturated rings. The van der Waals surface area contributed by atoms with Crippen LogP contribution < -0.4 is 4.74 Å². The van der Waals surface area contributed by atoms with E-state index in [2.05, 4.69) is 4.98 Å². The van der Waals surface area contributed by atoms with Crippen molar-refractivity contribution in [2.24, 2.45) is 0 Å². The molecule has 16 heavy (non-hydrogen) atoms.